The maximum absolute atomic E-state index is 13.7. The lowest BCUT2D eigenvalue weighted by atomic mass is 9.99. The van der Waals surface area contributed by atoms with Crippen LogP contribution < -0.4 is 16.3 Å². The van der Waals surface area contributed by atoms with Gasteiger partial charge in [-0.3, -0.25) is 15.3 Å². The quantitative estimate of drug-likeness (QED) is 0.224. The van der Waals surface area contributed by atoms with Gasteiger partial charge >= 0.3 is 0 Å². The first kappa shape index (κ1) is 22.4. The molecule has 0 aliphatic heterocycles. The summed E-state index contributed by atoms with van der Waals surface area (Å²) in [6, 6.07) is 22.0. The summed E-state index contributed by atoms with van der Waals surface area (Å²) in [5.41, 5.74) is 5.17. The molecule has 0 aliphatic rings. The van der Waals surface area contributed by atoms with Crippen LogP contribution in [0.1, 0.15) is 11.1 Å². The van der Waals surface area contributed by atoms with Crippen LogP contribution in [0.15, 0.2) is 88.8 Å². The Morgan fingerprint density at radius 3 is 2.36 bits per heavy atom. The maximum Gasteiger partial charge on any atom is 0.281 e. The Kier molecular flexibility index (Phi) is 6.67. The predicted molar refractivity (Wildman–Crippen MR) is 134 cm³/mol. The van der Waals surface area contributed by atoms with Gasteiger partial charge in [0, 0.05) is 18.2 Å². The number of halogens is 2. The molecule has 33 heavy (non-hydrogen) atoms. The zero-order valence-electron chi connectivity index (χ0n) is 17.5. The number of aromatic nitrogens is 2. The van der Waals surface area contributed by atoms with Gasteiger partial charge < -0.3 is 5.32 Å². The number of hydrazone groups is 1. The van der Waals surface area contributed by atoms with Crippen molar-refractivity contribution in [1.29, 1.82) is 0 Å². The van der Waals surface area contributed by atoms with Gasteiger partial charge in [0.1, 0.15) is 11.5 Å². The number of aromatic amines is 1. The van der Waals surface area contributed by atoms with Gasteiger partial charge in [0.05, 0.1) is 22.0 Å². The first-order chi connectivity index (χ1) is 16.0. The van der Waals surface area contributed by atoms with Gasteiger partial charge in [-0.15, -0.1) is 0 Å². The Balaban J connectivity index is 2.02. The molecule has 0 amide bonds. The number of hydrogen-bond acceptors (Lipinski definition) is 3. The van der Waals surface area contributed by atoms with Gasteiger partial charge in [-0.2, -0.15) is 5.10 Å². The highest BCUT2D eigenvalue weighted by molar-refractivity contribution is 7.80. The predicted octanol–water partition coefficient (Wildman–Crippen LogP) is 4.47. The Hall–Kier alpha value is -3.75. The molecule has 166 valence electrons. The van der Waals surface area contributed by atoms with Crippen molar-refractivity contribution in [3.8, 4) is 16.9 Å². The zero-order valence-corrected chi connectivity index (χ0v) is 19.0. The Morgan fingerprint density at radius 2 is 1.70 bits per heavy atom. The van der Waals surface area contributed by atoms with Crippen LogP contribution >= 0.6 is 23.8 Å². The van der Waals surface area contributed by atoms with Gasteiger partial charge in [0.2, 0.25) is 0 Å². The molecule has 9 heteroatoms. The second-order valence-corrected chi connectivity index (χ2v) is 7.79. The summed E-state index contributed by atoms with van der Waals surface area (Å²) in [6.45, 7) is 0. The molecule has 0 spiro atoms. The van der Waals surface area contributed by atoms with Crippen molar-refractivity contribution in [1.82, 2.24) is 20.5 Å². The van der Waals surface area contributed by atoms with Crippen LogP contribution in [0.3, 0.4) is 0 Å². The van der Waals surface area contributed by atoms with Gasteiger partial charge in [0.15, 0.2) is 5.11 Å². The fourth-order valence-corrected chi connectivity index (χ4v) is 3.58. The van der Waals surface area contributed by atoms with E-state index in [4.69, 9.17) is 23.8 Å². The molecular formula is C24H19ClFN5OS. The Bertz CT molecular complexity index is 1380. The van der Waals surface area contributed by atoms with E-state index >= 15 is 0 Å². The topological polar surface area (TPSA) is 74.2 Å². The van der Waals surface area contributed by atoms with E-state index < -0.39 is 0 Å². The SMILES string of the molecule is CNC(=S)N/N=C(/c1ccccc1Cl)c1c(-c2ccc(F)cc2)[nH]n(-c2ccccc2)c1=O. The fraction of sp³-hybridized carbons (Fsp3) is 0.0417. The van der Waals surface area contributed by atoms with E-state index in [1.807, 2.05) is 18.2 Å². The summed E-state index contributed by atoms with van der Waals surface area (Å²) in [6.07, 6.45) is 0. The summed E-state index contributed by atoms with van der Waals surface area (Å²) >= 11 is 11.7. The third-order valence-electron chi connectivity index (χ3n) is 4.90. The van der Waals surface area contributed by atoms with Crippen LogP contribution in [0.2, 0.25) is 5.02 Å². The average Bonchev–Trinajstić information content (AvgIpc) is 3.18. The standard InChI is InChI=1S/C24H19ClFN5OS/c1-27-24(33)29-28-22(18-9-5-6-10-19(18)25)20-21(15-11-13-16(26)14-12-15)30-31(23(20)32)17-7-3-2-4-8-17/h2-14,30H,1H3,(H2,27,29,33)/b28-22-. The minimum Gasteiger partial charge on any atom is -0.364 e. The number of nitrogens with one attached hydrogen (secondary N) is 3. The number of para-hydroxylation sites is 1. The largest absolute Gasteiger partial charge is 0.364 e. The monoisotopic (exact) mass is 479 g/mol. The molecule has 1 aromatic heterocycles. The molecular weight excluding hydrogens is 461 g/mol. The van der Waals surface area contributed by atoms with Crippen LogP contribution in [0.25, 0.3) is 16.9 Å². The number of rotatable bonds is 5. The average molecular weight is 480 g/mol. The lowest BCUT2D eigenvalue weighted by Crippen LogP contribution is -2.31. The highest BCUT2D eigenvalue weighted by Gasteiger charge is 2.24. The molecule has 6 nitrogen and oxygen atoms in total. The van der Waals surface area contributed by atoms with Crippen LogP contribution in [0.4, 0.5) is 4.39 Å². The lowest BCUT2D eigenvalue weighted by Gasteiger charge is -2.10. The van der Waals surface area contributed by atoms with Crippen molar-refractivity contribution >= 4 is 34.6 Å². The third-order valence-corrected chi connectivity index (χ3v) is 5.52. The van der Waals surface area contributed by atoms with Crippen LogP contribution in [-0.4, -0.2) is 27.7 Å². The van der Waals surface area contributed by atoms with Crippen molar-refractivity contribution in [3.63, 3.8) is 0 Å². The third kappa shape index (κ3) is 4.72. The van der Waals surface area contributed by atoms with Crippen LogP contribution in [-0.2, 0) is 0 Å². The van der Waals surface area contributed by atoms with E-state index in [9.17, 15) is 9.18 Å². The normalized spacial score (nSPS) is 11.3. The summed E-state index contributed by atoms with van der Waals surface area (Å²) in [4.78, 5) is 13.7. The minimum atomic E-state index is -0.383. The minimum absolute atomic E-state index is 0.255. The van der Waals surface area contributed by atoms with Gasteiger partial charge in [-0.1, -0.05) is 48.0 Å². The molecule has 0 atom stereocenters. The summed E-state index contributed by atoms with van der Waals surface area (Å²) in [5, 5.41) is 11.1. The zero-order chi connectivity index (χ0) is 23.4. The highest BCUT2D eigenvalue weighted by atomic mass is 35.5. The highest BCUT2D eigenvalue weighted by Crippen LogP contribution is 2.26. The molecule has 4 rings (SSSR count). The summed E-state index contributed by atoms with van der Waals surface area (Å²) in [7, 11) is 1.66. The van der Waals surface area contributed by atoms with E-state index in [1.165, 1.54) is 16.8 Å². The number of hydrogen-bond donors (Lipinski definition) is 3. The van der Waals surface area contributed by atoms with Gasteiger partial charge in [-0.05, 0) is 54.7 Å². The molecule has 0 bridgehead atoms. The van der Waals surface area contributed by atoms with Crippen LogP contribution in [0, 0.1) is 5.82 Å². The molecule has 0 fully saturated rings. The molecule has 3 aromatic carbocycles. The first-order valence-corrected chi connectivity index (χ1v) is 10.7. The number of thiocarbonyl (C=S) groups is 1. The summed E-state index contributed by atoms with van der Waals surface area (Å²) < 4.78 is 15.0. The van der Waals surface area contributed by atoms with Crippen molar-refractivity contribution in [2.45, 2.75) is 0 Å². The van der Waals surface area contributed by atoms with Crippen molar-refractivity contribution in [2.75, 3.05) is 7.05 Å². The second kappa shape index (κ2) is 9.81. The van der Waals surface area contributed by atoms with E-state index in [-0.39, 0.29) is 27.8 Å². The van der Waals surface area contributed by atoms with Crippen molar-refractivity contribution in [3.05, 3.63) is 111 Å². The van der Waals surface area contributed by atoms with E-state index in [0.717, 1.165) is 0 Å². The molecule has 4 aromatic rings. The first-order valence-electron chi connectivity index (χ1n) is 9.96. The molecule has 0 unspecified atom stereocenters. The van der Waals surface area contributed by atoms with Crippen LogP contribution in [0.5, 0.6) is 0 Å². The molecule has 3 N–H and O–H groups in total. The van der Waals surface area contributed by atoms with Crippen molar-refractivity contribution in [2.24, 2.45) is 5.10 Å². The molecule has 0 saturated heterocycles. The number of benzene rings is 3. The lowest BCUT2D eigenvalue weighted by molar-refractivity contribution is 0.628. The molecule has 0 saturated carbocycles. The molecule has 0 aliphatic carbocycles. The van der Waals surface area contributed by atoms with Crippen molar-refractivity contribution < 1.29 is 4.39 Å². The Morgan fingerprint density at radius 1 is 1.03 bits per heavy atom. The number of H-pyrrole nitrogens is 1. The van der Waals surface area contributed by atoms with E-state index in [0.29, 0.717) is 27.5 Å². The maximum atomic E-state index is 13.7. The van der Waals surface area contributed by atoms with E-state index in [1.54, 1.807) is 55.6 Å². The number of nitrogens with zero attached hydrogens (tertiary/aromatic N) is 2. The smallest absolute Gasteiger partial charge is 0.281 e. The fourth-order valence-electron chi connectivity index (χ4n) is 3.31. The molecule has 0 radical (unpaired) electrons. The summed E-state index contributed by atoms with van der Waals surface area (Å²) in [5.74, 6) is -0.383. The Labute approximate surface area is 199 Å². The van der Waals surface area contributed by atoms with E-state index in [2.05, 4.69) is 20.9 Å². The van der Waals surface area contributed by atoms with Gasteiger partial charge in [0.25, 0.3) is 5.56 Å². The van der Waals surface area contributed by atoms with Gasteiger partial charge in [-0.25, -0.2) is 9.07 Å². The molecule has 1 heterocycles. The second-order valence-electron chi connectivity index (χ2n) is 6.98.